The van der Waals surface area contributed by atoms with Gasteiger partial charge in [-0.15, -0.1) is 0 Å². The standard InChI is InChI=1S/C7H11N3O2/c1-9-4-6(11)10(7(9)12)5-2-8-3-5/h5,8H,2-4H2,1H3. The summed E-state index contributed by atoms with van der Waals surface area (Å²) in [5.74, 6) is -0.0750. The zero-order valence-corrected chi connectivity index (χ0v) is 6.91. The van der Waals surface area contributed by atoms with Gasteiger partial charge in [-0.25, -0.2) is 4.79 Å². The number of nitrogens with zero attached hydrogens (tertiary/aromatic N) is 2. The Balaban J connectivity index is 2.12. The average Bonchev–Trinajstić information content (AvgIpc) is 2.13. The maximum absolute atomic E-state index is 11.4. The van der Waals surface area contributed by atoms with Crippen LogP contribution in [0, 0.1) is 0 Å². The predicted molar refractivity (Wildman–Crippen MR) is 41.5 cm³/mol. The Morgan fingerprint density at radius 1 is 1.42 bits per heavy atom. The van der Waals surface area contributed by atoms with Gasteiger partial charge in [0.15, 0.2) is 0 Å². The predicted octanol–water partition coefficient (Wildman–Crippen LogP) is -1.15. The first-order valence-corrected chi connectivity index (χ1v) is 3.98. The Morgan fingerprint density at radius 2 is 2.08 bits per heavy atom. The van der Waals surface area contributed by atoms with Gasteiger partial charge < -0.3 is 10.2 Å². The molecule has 0 aromatic carbocycles. The summed E-state index contributed by atoms with van der Waals surface area (Å²) in [7, 11) is 1.65. The quantitative estimate of drug-likeness (QED) is 0.504. The molecule has 0 radical (unpaired) electrons. The minimum atomic E-state index is -0.161. The molecule has 0 bridgehead atoms. The minimum absolute atomic E-state index is 0.0750. The molecule has 0 spiro atoms. The van der Waals surface area contributed by atoms with Gasteiger partial charge in [-0.05, 0) is 0 Å². The molecule has 0 aliphatic carbocycles. The first-order valence-electron chi connectivity index (χ1n) is 3.98. The molecule has 2 saturated heterocycles. The van der Waals surface area contributed by atoms with E-state index in [9.17, 15) is 9.59 Å². The zero-order chi connectivity index (χ0) is 8.72. The van der Waals surface area contributed by atoms with Gasteiger partial charge in [-0.2, -0.15) is 0 Å². The van der Waals surface area contributed by atoms with E-state index in [2.05, 4.69) is 5.32 Å². The van der Waals surface area contributed by atoms with Crippen molar-refractivity contribution in [1.82, 2.24) is 15.1 Å². The number of hydrogen-bond acceptors (Lipinski definition) is 3. The van der Waals surface area contributed by atoms with E-state index in [-0.39, 0.29) is 24.5 Å². The molecule has 0 atom stereocenters. The van der Waals surface area contributed by atoms with Crippen LogP contribution in [-0.2, 0) is 4.79 Å². The summed E-state index contributed by atoms with van der Waals surface area (Å²) in [6.45, 7) is 1.71. The molecule has 0 aromatic rings. The topological polar surface area (TPSA) is 52.7 Å². The normalized spacial score (nSPS) is 25.1. The van der Waals surface area contributed by atoms with Crippen LogP contribution in [0.4, 0.5) is 4.79 Å². The second-order valence-electron chi connectivity index (χ2n) is 3.21. The van der Waals surface area contributed by atoms with E-state index in [0.29, 0.717) is 0 Å². The molecule has 2 aliphatic rings. The molecular weight excluding hydrogens is 158 g/mol. The van der Waals surface area contributed by atoms with Crippen LogP contribution >= 0.6 is 0 Å². The molecule has 5 nitrogen and oxygen atoms in total. The molecule has 2 aliphatic heterocycles. The number of likely N-dealkylation sites (N-methyl/N-ethyl adjacent to an activating group) is 1. The molecule has 0 unspecified atom stereocenters. The van der Waals surface area contributed by atoms with Crippen molar-refractivity contribution in [3.8, 4) is 0 Å². The number of rotatable bonds is 1. The monoisotopic (exact) mass is 169 g/mol. The summed E-state index contributed by atoms with van der Waals surface area (Å²) in [5.41, 5.74) is 0. The van der Waals surface area contributed by atoms with E-state index in [1.807, 2.05) is 0 Å². The van der Waals surface area contributed by atoms with E-state index in [4.69, 9.17) is 0 Å². The van der Waals surface area contributed by atoms with Crippen LogP contribution < -0.4 is 5.32 Å². The van der Waals surface area contributed by atoms with Crippen LogP contribution in [0.15, 0.2) is 0 Å². The van der Waals surface area contributed by atoms with Crippen molar-refractivity contribution in [2.24, 2.45) is 0 Å². The number of hydrogen-bond donors (Lipinski definition) is 1. The third-order valence-electron chi connectivity index (χ3n) is 2.30. The van der Waals surface area contributed by atoms with Crippen molar-refractivity contribution in [3.05, 3.63) is 0 Å². The Bertz CT molecular complexity index is 237. The molecule has 2 heterocycles. The molecule has 0 aromatic heterocycles. The van der Waals surface area contributed by atoms with Gasteiger partial charge in [0.25, 0.3) is 5.91 Å². The van der Waals surface area contributed by atoms with E-state index < -0.39 is 0 Å². The van der Waals surface area contributed by atoms with Gasteiger partial charge in [0.1, 0.15) is 6.54 Å². The Morgan fingerprint density at radius 3 is 2.42 bits per heavy atom. The fraction of sp³-hybridized carbons (Fsp3) is 0.714. The highest BCUT2D eigenvalue weighted by atomic mass is 16.2. The second-order valence-corrected chi connectivity index (χ2v) is 3.21. The first kappa shape index (κ1) is 7.54. The van der Waals surface area contributed by atoms with E-state index in [0.717, 1.165) is 13.1 Å². The summed E-state index contributed by atoms with van der Waals surface area (Å²) in [4.78, 5) is 25.4. The largest absolute Gasteiger partial charge is 0.327 e. The smallest absolute Gasteiger partial charge is 0.318 e. The van der Waals surface area contributed by atoms with Crippen molar-refractivity contribution in [3.63, 3.8) is 0 Å². The van der Waals surface area contributed by atoms with Crippen LogP contribution in [0.25, 0.3) is 0 Å². The Hall–Kier alpha value is -1.10. The zero-order valence-electron chi connectivity index (χ0n) is 6.91. The molecule has 0 saturated carbocycles. The summed E-state index contributed by atoms with van der Waals surface area (Å²) in [6, 6.07) is -0.0681. The summed E-state index contributed by atoms with van der Waals surface area (Å²) in [5, 5.41) is 3.03. The molecular formula is C7H11N3O2. The van der Waals surface area contributed by atoms with Crippen LogP contribution in [0.3, 0.4) is 0 Å². The highest BCUT2D eigenvalue weighted by Crippen LogP contribution is 2.14. The molecule has 66 valence electrons. The van der Waals surface area contributed by atoms with Gasteiger partial charge in [0, 0.05) is 20.1 Å². The number of carbonyl (C=O) groups is 2. The Kier molecular flexibility index (Phi) is 1.54. The average molecular weight is 169 g/mol. The van der Waals surface area contributed by atoms with Crippen molar-refractivity contribution in [1.29, 1.82) is 0 Å². The number of amides is 3. The summed E-state index contributed by atoms with van der Waals surface area (Å²) >= 11 is 0. The molecule has 5 heteroatoms. The summed E-state index contributed by atoms with van der Waals surface area (Å²) in [6.07, 6.45) is 0. The fourth-order valence-electron chi connectivity index (χ4n) is 1.45. The van der Waals surface area contributed by atoms with Crippen molar-refractivity contribution in [2.45, 2.75) is 6.04 Å². The van der Waals surface area contributed by atoms with Gasteiger partial charge in [-0.1, -0.05) is 0 Å². The summed E-state index contributed by atoms with van der Waals surface area (Å²) < 4.78 is 0. The first-order chi connectivity index (χ1) is 5.70. The van der Waals surface area contributed by atoms with E-state index in [1.54, 1.807) is 7.05 Å². The van der Waals surface area contributed by atoms with Gasteiger partial charge in [0.2, 0.25) is 0 Å². The third kappa shape index (κ3) is 0.896. The van der Waals surface area contributed by atoms with Crippen LogP contribution in [-0.4, -0.2) is 54.5 Å². The molecule has 1 N–H and O–H groups in total. The molecule has 12 heavy (non-hydrogen) atoms. The number of nitrogens with one attached hydrogen (secondary N) is 1. The van der Waals surface area contributed by atoms with Crippen molar-refractivity contribution in [2.75, 3.05) is 26.7 Å². The molecule has 2 fully saturated rings. The lowest BCUT2D eigenvalue weighted by atomic mass is 10.1. The number of imide groups is 1. The minimum Gasteiger partial charge on any atom is -0.318 e. The maximum Gasteiger partial charge on any atom is 0.327 e. The van der Waals surface area contributed by atoms with Gasteiger partial charge >= 0.3 is 6.03 Å². The van der Waals surface area contributed by atoms with Crippen LogP contribution in [0.1, 0.15) is 0 Å². The van der Waals surface area contributed by atoms with Gasteiger partial charge in [-0.3, -0.25) is 9.69 Å². The SMILES string of the molecule is CN1CC(=O)N(C2CNC2)C1=O. The lowest BCUT2D eigenvalue weighted by Gasteiger charge is -2.33. The molecule has 3 amide bonds. The molecule has 2 rings (SSSR count). The Labute approximate surface area is 70.3 Å². The highest BCUT2D eigenvalue weighted by molar-refractivity contribution is 6.02. The van der Waals surface area contributed by atoms with Gasteiger partial charge in [0.05, 0.1) is 6.04 Å². The lowest BCUT2D eigenvalue weighted by Crippen LogP contribution is -2.59. The van der Waals surface area contributed by atoms with E-state index in [1.165, 1.54) is 9.80 Å². The second kappa shape index (κ2) is 2.45. The van der Waals surface area contributed by atoms with Crippen molar-refractivity contribution < 1.29 is 9.59 Å². The fourth-order valence-corrected chi connectivity index (χ4v) is 1.45. The number of carbonyl (C=O) groups excluding carboxylic acids is 2. The third-order valence-corrected chi connectivity index (χ3v) is 2.30. The lowest BCUT2D eigenvalue weighted by molar-refractivity contribution is -0.127. The van der Waals surface area contributed by atoms with E-state index >= 15 is 0 Å². The van der Waals surface area contributed by atoms with Crippen LogP contribution in [0.5, 0.6) is 0 Å². The van der Waals surface area contributed by atoms with Crippen molar-refractivity contribution >= 4 is 11.9 Å². The highest BCUT2D eigenvalue weighted by Gasteiger charge is 2.40. The van der Waals surface area contributed by atoms with Crippen LogP contribution in [0.2, 0.25) is 0 Å². The maximum atomic E-state index is 11.4. The number of urea groups is 1.